The average molecular weight is 358 g/mol. The number of ketones is 1. The van der Waals surface area contributed by atoms with Crippen molar-refractivity contribution in [2.45, 2.75) is 32.7 Å². The van der Waals surface area contributed by atoms with Gasteiger partial charge in [0.25, 0.3) is 5.91 Å². The van der Waals surface area contributed by atoms with Gasteiger partial charge in [-0.05, 0) is 37.0 Å². The molecule has 136 valence electrons. The highest BCUT2D eigenvalue weighted by atomic mass is 16.2. The maximum Gasteiger partial charge on any atom is 0.270 e. The van der Waals surface area contributed by atoms with Gasteiger partial charge in [0.1, 0.15) is 5.69 Å². The number of nitrogens with one attached hydrogen (secondary N) is 1. The second kappa shape index (κ2) is 5.56. The Morgan fingerprint density at radius 1 is 1.19 bits per heavy atom. The molecule has 1 aliphatic heterocycles. The molecule has 1 aromatic heterocycles. The number of para-hydroxylation sites is 1. The summed E-state index contributed by atoms with van der Waals surface area (Å²) in [6.45, 7) is 4.68. The number of Topliss-reactive ketones (excluding diaryl/α,β-unsaturated/α-hetero) is 1. The molecule has 3 aromatic rings. The summed E-state index contributed by atoms with van der Waals surface area (Å²) in [5.41, 5.74) is 4.12. The van der Waals surface area contributed by atoms with Crippen molar-refractivity contribution in [3.8, 4) is 0 Å². The van der Waals surface area contributed by atoms with E-state index in [0.717, 1.165) is 40.4 Å². The lowest BCUT2D eigenvalue weighted by Crippen LogP contribution is -2.49. The zero-order chi connectivity index (χ0) is 18.8. The lowest BCUT2D eigenvalue weighted by molar-refractivity contribution is 0.0598. The second-order valence-corrected chi connectivity index (χ2v) is 8.09. The molecule has 2 atom stereocenters. The molecule has 2 aromatic carbocycles. The van der Waals surface area contributed by atoms with Gasteiger partial charge in [-0.3, -0.25) is 9.59 Å². The molecule has 27 heavy (non-hydrogen) atoms. The maximum absolute atomic E-state index is 13.3. The first-order valence-corrected chi connectivity index (χ1v) is 9.51. The van der Waals surface area contributed by atoms with Crippen LogP contribution in [0, 0.1) is 12.3 Å². The van der Waals surface area contributed by atoms with Gasteiger partial charge >= 0.3 is 0 Å². The summed E-state index contributed by atoms with van der Waals surface area (Å²) in [6, 6.07) is 15.7. The third-order valence-corrected chi connectivity index (χ3v) is 6.53. The first kappa shape index (κ1) is 16.3. The molecule has 4 nitrogen and oxygen atoms in total. The summed E-state index contributed by atoms with van der Waals surface area (Å²) < 4.78 is 0. The van der Waals surface area contributed by atoms with Crippen LogP contribution in [0.1, 0.15) is 45.3 Å². The van der Waals surface area contributed by atoms with E-state index in [2.05, 4.69) is 4.98 Å². The lowest BCUT2D eigenvalue weighted by Gasteiger charge is -2.38. The minimum Gasteiger partial charge on any atom is -0.350 e. The van der Waals surface area contributed by atoms with E-state index in [1.165, 1.54) is 0 Å². The zero-order valence-corrected chi connectivity index (χ0v) is 15.6. The van der Waals surface area contributed by atoms with Crippen molar-refractivity contribution < 1.29 is 9.59 Å². The van der Waals surface area contributed by atoms with Gasteiger partial charge in [-0.15, -0.1) is 0 Å². The Bertz CT molecular complexity index is 1100. The predicted octanol–water partition coefficient (Wildman–Crippen LogP) is 4.14. The number of carbonyl (C=O) groups excluding carboxylic acids is 2. The van der Waals surface area contributed by atoms with E-state index in [0.29, 0.717) is 12.2 Å². The smallest absolute Gasteiger partial charge is 0.270 e. The van der Waals surface area contributed by atoms with Crippen LogP contribution >= 0.6 is 0 Å². The number of aryl methyl sites for hydroxylation is 1. The normalized spacial score (nSPS) is 24.1. The van der Waals surface area contributed by atoms with Gasteiger partial charge < -0.3 is 9.88 Å². The summed E-state index contributed by atoms with van der Waals surface area (Å²) in [7, 11) is 0. The molecule has 0 saturated carbocycles. The van der Waals surface area contributed by atoms with Crippen LogP contribution in [-0.2, 0) is 6.42 Å². The molecule has 0 spiro atoms. The van der Waals surface area contributed by atoms with Gasteiger partial charge in [-0.25, -0.2) is 0 Å². The van der Waals surface area contributed by atoms with Crippen molar-refractivity contribution >= 4 is 22.6 Å². The Balaban J connectivity index is 1.54. The Labute approximate surface area is 158 Å². The van der Waals surface area contributed by atoms with E-state index in [1.807, 2.05) is 67.3 Å². The van der Waals surface area contributed by atoms with E-state index < -0.39 is 5.41 Å². The molecule has 1 amide bonds. The fourth-order valence-electron chi connectivity index (χ4n) is 4.88. The number of carbonyl (C=O) groups is 2. The van der Waals surface area contributed by atoms with Gasteiger partial charge in [-0.2, -0.15) is 0 Å². The van der Waals surface area contributed by atoms with Gasteiger partial charge in [0.05, 0.1) is 5.41 Å². The van der Waals surface area contributed by atoms with Crippen LogP contribution in [0.2, 0.25) is 0 Å². The number of aromatic nitrogens is 1. The molecular weight excluding hydrogens is 336 g/mol. The predicted molar refractivity (Wildman–Crippen MR) is 105 cm³/mol. The van der Waals surface area contributed by atoms with Crippen LogP contribution in [0.15, 0.2) is 48.5 Å². The number of amides is 1. The van der Waals surface area contributed by atoms with Crippen LogP contribution in [0.25, 0.3) is 10.9 Å². The molecular formula is C23H22N2O2. The molecule has 2 heterocycles. The summed E-state index contributed by atoms with van der Waals surface area (Å²) in [5, 5.41) is 1.05. The molecule has 0 bridgehead atoms. The van der Waals surface area contributed by atoms with E-state index in [4.69, 9.17) is 0 Å². The number of hydrogen-bond acceptors (Lipinski definition) is 2. The van der Waals surface area contributed by atoms with Gasteiger partial charge in [0.15, 0.2) is 5.78 Å². The van der Waals surface area contributed by atoms with Crippen molar-refractivity contribution in [3.05, 3.63) is 70.9 Å². The largest absolute Gasteiger partial charge is 0.350 e. The van der Waals surface area contributed by atoms with Crippen molar-refractivity contribution in [1.29, 1.82) is 0 Å². The maximum atomic E-state index is 13.3. The Morgan fingerprint density at radius 2 is 2.00 bits per heavy atom. The fraction of sp³-hybridized carbons (Fsp3) is 0.304. The van der Waals surface area contributed by atoms with Crippen LogP contribution in [0.4, 0.5) is 0 Å². The molecule has 4 heteroatoms. The first-order valence-electron chi connectivity index (χ1n) is 9.51. The van der Waals surface area contributed by atoms with Crippen molar-refractivity contribution in [2.24, 2.45) is 5.41 Å². The molecule has 1 N–H and O–H groups in total. The van der Waals surface area contributed by atoms with E-state index in [-0.39, 0.29) is 17.7 Å². The van der Waals surface area contributed by atoms with Crippen LogP contribution in [0.5, 0.6) is 0 Å². The Hall–Kier alpha value is -2.88. The molecule has 2 aliphatic rings. The van der Waals surface area contributed by atoms with E-state index in [9.17, 15) is 9.59 Å². The van der Waals surface area contributed by atoms with Crippen LogP contribution < -0.4 is 0 Å². The Kier molecular flexibility index (Phi) is 3.36. The van der Waals surface area contributed by atoms with E-state index in [1.54, 1.807) is 0 Å². The van der Waals surface area contributed by atoms with Crippen molar-refractivity contribution in [2.75, 3.05) is 6.54 Å². The summed E-state index contributed by atoms with van der Waals surface area (Å²) in [6.07, 6.45) is 1.46. The number of nitrogens with zero attached hydrogens (tertiary/aromatic N) is 1. The number of hydrogen-bond donors (Lipinski definition) is 1. The monoisotopic (exact) mass is 358 g/mol. The highest BCUT2D eigenvalue weighted by molar-refractivity contribution is 6.05. The third-order valence-electron chi connectivity index (χ3n) is 6.53. The first-order chi connectivity index (χ1) is 13.0. The number of rotatable bonds is 1. The number of likely N-dealkylation sites (tertiary alicyclic amines) is 1. The molecule has 1 saturated heterocycles. The van der Waals surface area contributed by atoms with Crippen molar-refractivity contribution in [3.63, 3.8) is 0 Å². The SMILES string of the molecule is Cc1cccc2cc(C(=O)N3CCC4(C)C(=O)c5ccccc5CC34)[nH]c12. The topological polar surface area (TPSA) is 53.2 Å². The van der Waals surface area contributed by atoms with Crippen LogP contribution in [-0.4, -0.2) is 34.2 Å². The minimum absolute atomic E-state index is 0.00786. The standard InChI is InChI=1S/C23H22N2O2/c1-14-6-5-8-16-12-18(24-20(14)16)22(27)25-11-10-23(2)19(25)13-15-7-3-4-9-17(15)21(23)26/h3-9,12,19,24H,10-11,13H2,1-2H3. The molecule has 1 aliphatic carbocycles. The van der Waals surface area contributed by atoms with Crippen molar-refractivity contribution in [1.82, 2.24) is 9.88 Å². The fourth-order valence-corrected chi connectivity index (χ4v) is 4.88. The number of fused-ring (bicyclic) bond motifs is 3. The zero-order valence-electron chi connectivity index (χ0n) is 15.6. The van der Waals surface area contributed by atoms with Gasteiger partial charge in [0, 0.05) is 29.1 Å². The highest BCUT2D eigenvalue weighted by Gasteiger charge is 2.53. The summed E-state index contributed by atoms with van der Waals surface area (Å²) in [4.78, 5) is 31.7. The lowest BCUT2D eigenvalue weighted by atomic mass is 9.68. The Morgan fingerprint density at radius 3 is 2.81 bits per heavy atom. The molecule has 1 fully saturated rings. The average Bonchev–Trinajstić information content (AvgIpc) is 3.25. The van der Waals surface area contributed by atoms with E-state index >= 15 is 0 Å². The molecule has 5 rings (SSSR count). The minimum atomic E-state index is -0.494. The molecule has 2 unspecified atom stereocenters. The second-order valence-electron chi connectivity index (χ2n) is 8.09. The summed E-state index contributed by atoms with van der Waals surface area (Å²) >= 11 is 0. The molecule has 0 radical (unpaired) electrons. The van der Waals surface area contributed by atoms with Crippen LogP contribution in [0.3, 0.4) is 0 Å². The number of H-pyrrole nitrogens is 1. The quantitative estimate of drug-likeness (QED) is 0.711. The number of aromatic amines is 1. The summed E-state index contributed by atoms with van der Waals surface area (Å²) in [5.74, 6) is 0.170. The number of benzene rings is 2. The van der Waals surface area contributed by atoms with Gasteiger partial charge in [0.2, 0.25) is 0 Å². The highest BCUT2D eigenvalue weighted by Crippen LogP contribution is 2.45. The van der Waals surface area contributed by atoms with Gasteiger partial charge in [-0.1, -0.05) is 49.4 Å². The third kappa shape index (κ3) is 2.22.